The van der Waals surface area contributed by atoms with E-state index in [1.54, 1.807) is 13.0 Å². The second-order valence-electron chi connectivity index (χ2n) is 3.82. The van der Waals surface area contributed by atoms with Gasteiger partial charge in [0.15, 0.2) is 0 Å². The molecule has 0 aliphatic heterocycles. The number of rotatable bonds is 5. The monoisotopic (exact) mass is 369 g/mol. The quantitative estimate of drug-likeness (QED) is 0.561. The molecule has 20 heavy (non-hydrogen) atoms. The largest absolute Gasteiger partial charge is 0.506 e. The Balaban J connectivity index is 0.00000115. The number of hydrogen-bond acceptors (Lipinski definition) is 4. The van der Waals surface area contributed by atoms with Crippen molar-refractivity contribution in [2.75, 3.05) is 13.1 Å². The van der Waals surface area contributed by atoms with Gasteiger partial charge in [0.2, 0.25) is 0 Å². The molecular formula is C14H20N2O2SY-2. The predicted molar refractivity (Wildman–Crippen MR) is 81.7 cm³/mol. The van der Waals surface area contributed by atoms with Crippen LogP contribution >= 0.6 is 11.3 Å². The molecule has 0 saturated heterocycles. The van der Waals surface area contributed by atoms with Crippen molar-refractivity contribution in [2.24, 2.45) is 0 Å². The summed E-state index contributed by atoms with van der Waals surface area (Å²) in [6, 6.07) is 3.50. The maximum Gasteiger partial charge on any atom is 0.305 e. The van der Waals surface area contributed by atoms with Crippen LogP contribution in [0.15, 0.2) is 16.9 Å². The first-order valence-electron chi connectivity index (χ1n) is 6.26. The Morgan fingerprint density at radius 3 is 2.70 bits per heavy atom. The molecule has 2 aromatic rings. The van der Waals surface area contributed by atoms with Crippen LogP contribution in [0.4, 0.5) is 0 Å². The number of phenolic OH excluding ortho intramolecular Hbond substituents is 1. The molecule has 0 saturated carbocycles. The van der Waals surface area contributed by atoms with Gasteiger partial charge in [-0.05, 0) is 31.1 Å². The van der Waals surface area contributed by atoms with E-state index in [2.05, 4.69) is 24.1 Å². The number of H-pyrrole nitrogens is 1. The van der Waals surface area contributed by atoms with Gasteiger partial charge in [-0.3, -0.25) is 4.79 Å². The van der Waals surface area contributed by atoms with Crippen molar-refractivity contribution in [3.8, 4) is 5.75 Å². The predicted octanol–water partition coefficient (Wildman–Crippen LogP) is 2.49. The molecule has 0 spiro atoms. The fourth-order valence-electron chi connectivity index (χ4n) is 1.74. The Labute approximate surface area is 148 Å². The van der Waals surface area contributed by atoms with Crippen molar-refractivity contribution in [1.82, 2.24) is 10.3 Å². The zero-order chi connectivity index (χ0) is 14.3. The third kappa shape index (κ3) is 5.28. The summed E-state index contributed by atoms with van der Waals surface area (Å²) < 4.78 is 0.853. The van der Waals surface area contributed by atoms with Gasteiger partial charge in [0, 0.05) is 32.7 Å². The van der Waals surface area contributed by atoms with E-state index in [-0.39, 0.29) is 43.3 Å². The average Bonchev–Trinajstić information content (AvgIpc) is 2.82. The van der Waals surface area contributed by atoms with Gasteiger partial charge in [0.25, 0.3) is 0 Å². The fraction of sp³-hybridized carbons (Fsp3) is 0.357. The molecule has 109 valence electrons. The SMILES string of the molecule is [CH2-]C.[CH2-]CCNCCc1ccc(O)c2[nH]c(=O)sc12.[Y]. The Morgan fingerprint density at radius 1 is 1.35 bits per heavy atom. The molecule has 0 aliphatic carbocycles. The van der Waals surface area contributed by atoms with Gasteiger partial charge >= 0.3 is 4.87 Å². The maximum atomic E-state index is 11.3. The number of benzene rings is 1. The molecule has 0 unspecified atom stereocenters. The van der Waals surface area contributed by atoms with E-state index in [0.717, 1.165) is 47.5 Å². The molecule has 1 aromatic carbocycles. The summed E-state index contributed by atoms with van der Waals surface area (Å²) in [4.78, 5) is 13.8. The summed E-state index contributed by atoms with van der Waals surface area (Å²) in [7, 11) is 0. The molecule has 6 heteroatoms. The van der Waals surface area contributed by atoms with Crippen LogP contribution < -0.4 is 10.2 Å². The van der Waals surface area contributed by atoms with E-state index in [4.69, 9.17) is 0 Å². The van der Waals surface area contributed by atoms with Gasteiger partial charge in [-0.15, -0.1) is 0 Å². The van der Waals surface area contributed by atoms with Crippen LogP contribution in [-0.4, -0.2) is 23.2 Å². The summed E-state index contributed by atoms with van der Waals surface area (Å²) >= 11 is 1.15. The smallest absolute Gasteiger partial charge is 0.305 e. The number of fused-ring (bicyclic) bond motifs is 1. The van der Waals surface area contributed by atoms with Crippen LogP contribution in [-0.2, 0) is 39.1 Å². The summed E-state index contributed by atoms with van der Waals surface area (Å²) in [6.45, 7) is 10.5. The molecule has 3 N–H and O–H groups in total. The summed E-state index contributed by atoms with van der Waals surface area (Å²) in [5, 5.41) is 12.9. The number of hydrogen-bond donors (Lipinski definition) is 3. The molecule has 2 rings (SSSR count). The molecular weight excluding hydrogens is 349 g/mol. The summed E-state index contributed by atoms with van der Waals surface area (Å²) in [5.74, 6) is 0.132. The van der Waals surface area contributed by atoms with Gasteiger partial charge in [-0.2, -0.15) is 13.3 Å². The van der Waals surface area contributed by atoms with Crippen molar-refractivity contribution in [3.05, 3.63) is 41.2 Å². The average molecular weight is 369 g/mol. The fourth-order valence-corrected chi connectivity index (χ4v) is 2.64. The van der Waals surface area contributed by atoms with Crippen molar-refractivity contribution in [3.63, 3.8) is 0 Å². The number of thiazole rings is 1. The van der Waals surface area contributed by atoms with Crippen molar-refractivity contribution in [2.45, 2.75) is 19.8 Å². The second kappa shape index (κ2) is 10.5. The molecule has 0 fully saturated rings. The Bertz CT molecular complexity index is 566. The molecule has 0 amide bonds. The Hall–Kier alpha value is -0.226. The number of aromatic hydroxyl groups is 1. The second-order valence-corrected chi connectivity index (χ2v) is 4.80. The van der Waals surface area contributed by atoms with Gasteiger partial charge in [0.05, 0.1) is 4.70 Å². The maximum absolute atomic E-state index is 11.3. The van der Waals surface area contributed by atoms with E-state index >= 15 is 0 Å². The van der Waals surface area contributed by atoms with E-state index in [0.29, 0.717) is 5.52 Å². The van der Waals surface area contributed by atoms with Crippen LogP contribution in [0.25, 0.3) is 10.2 Å². The number of phenols is 1. The first-order valence-corrected chi connectivity index (χ1v) is 7.08. The topological polar surface area (TPSA) is 65.1 Å². The molecule has 1 aromatic heterocycles. The minimum Gasteiger partial charge on any atom is -0.506 e. The minimum absolute atomic E-state index is 0. The zero-order valence-corrected chi connectivity index (χ0v) is 15.4. The van der Waals surface area contributed by atoms with Gasteiger partial charge in [-0.1, -0.05) is 17.4 Å². The molecule has 0 atom stereocenters. The minimum atomic E-state index is -0.131. The third-order valence-electron chi connectivity index (χ3n) is 2.56. The molecule has 4 nitrogen and oxygen atoms in total. The van der Waals surface area contributed by atoms with Crippen LogP contribution in [0.2, 0.25) is 0 Å². The number of aromatic nitrogens is 1. The summed E-state index contributed by atoms with van der Waals surface area (Å²) in [6.07, 6.45) is 1.70. The van der Waals surface area contributed by atoms with E-state index in [9.17, 15) is 9.90 Å². The molecule has 1 radical (unpaired) electrons. The van der Waals surface area contributed by atoms with Crippen molar-refractivity contribution in [1.29, 1.82) is 0 Å². The standard InChI is InChI=1S/C12H15N2O2S.C2H5.Y/c1-2-6-13-7-5-8-3-4-9(15)10-11(8)17-12(16)14-10;1-2;/h3-4,13,15H,1-2,5-7H2,(H,14,16);1H2,2H3;/q2*-1;. The Morgan fingerprint density at radius 2 is 2.05 bits per heavy atom. The normalized spacial score (nSPS) is 9.75. The van der Waals surface area contributed by atoms with Crippen LogP contribution in [0.3, 0.4) is 0 Å². The van der Waals surface area contributed by atoms with Gasteiger partial charge < -0.3 is 29.3 Å². The van der Waals surface area contributed by atoms with Gasteiger partial charge in [0.1, 0.15) is 11.3 Å². The van der Waals surface area contributed by atoms with E-state index < -0.39 is 0 Å². The van der Waals surface area contributed by atoms with Crippen LogP contribution in [0, 0.1) is 13.8 Å². The Kier molecular flexibility index (Phi) is 10.4. The third-order valence-corrected chi connectivity index (χ3v) is 3.52. The first-order chi connectivity index (χ1) is 9.22. The molecule has 1 heterocycles. The van der Waals surface area contributed by atoms with E-state index in [1.165, 1.54) is 0 Å². The molecule has 0 aliphatic rings. The van der Waals surface area contributed by atoms with Crippen LogP contribution in [0.1, 0.15) is 18.9 Å². The first kappa shape index (κ1) is 19.8. The summed E-state index contributed by atoms with van der Waals surface area (Å²) in [5.41, 5.74) is 1.63. The van der Waals surface area contributed by atoms with E-state index in [1.807, 2.05) is 6.07 Å². The zero-order valence-electron chi connectivity index (χ0n) is 11.7. The molecule has 0 bridgehead atoms. The number of aromatic amines is 1. The van der Waals surface area contributed by atoms with Crippen molar-refractivity contribution < 1.29 is 37.8 Å². The van der Waals surface area contributed by atoms with Crippen LogP contribution in [0.5, 0.6) is 5.75 Å². The van der Waals surface area contributed by atoms with Crippen molar-refractivity contribution >= 4 is 21.6 Å². The number of nitrogens with one attached hydrogen (secondary N) is 2. The van der Waals surface area contributed by atoms with Gasteiger partial charge in [-0.25, -0.2) is 0 Å².